The first-order valence-electron chi connectivity index (χ1n) is 5.10. The number of fused-ring (bicyclic) bond motifs is 1. The summed E-state index contributed by atoms with van der Waals surface area (Å²) in [5.74, 6) is -0.126. The van der Waals surface area contributed by atoms with Gasteiger partial charge in [-0.15, -0.1) is 11.3 Å². The van der Waals surface area contributed by atoms with E-state index in [0.717, 1.165) is 11.3 Å². The summed E-state index contributed by atoms with van der Waals surface area (Å²) in [5.41, 5.74) is 0.739. The van der Waals surface area contributed by atoms with E-state index in [4.69, 9.17) is 11.6 Å². The summed E-state index contributed by atoms with van der Waals surface area (Å²) in [6, 6.07) is 3.12. The molecule has 104 valence electrons. The second-order valence-electron chi connectivity index (χ2n) is 3.60. The summed E-state index contributed by atoms with van der Waals surface area (Å²) in [5, 5.41) is 0.0950. The molecule has 7 nitrogen and oxygen atoms in total. The first-order chi connectivity index (χ1) is 9.45. The zero-order valence-corrected chi connectivity index (χ0v) is 13.4. The van der Waals surface area contributed by atoms with E-state index in [1.54, 1.807) is 6.07 Å². The van der Waals surface area contributed by atoms with Crippen molar-refractivity contribution in [3.63, 3.8) is 0 Å². The SMILES string of the molecule is O=S(=O)(Nc1nc(Cl)c2[nH]cnc2n1)c1ccc(Br)s1. The number of imidazole rings is 1. The van der Waals surface area contributed by atoms with Crippen LogP contribution in [0.25, 0.3) is 11.2 Å². The van der Waals surface area contributed by atoms with E-state index in [-0.39, 0.29) is 21.0 Å². The summed E-state index contributed by atoms with van der Waals surface area (Å²) in [6.07, 6.45) is 1.40. The maximum atomic E-state index is 12.1. The zero-order valence-electron chi connectivity index (χ0n) is 9.46. The van der Waals surface area contributed by atoms with Crippen molar-refractivity contribution < 1.29 is 8.42 Å². The molecule has 0 aliphatic heterocycles. The monoisotopic (exact) mass is 393 g/mol. The maximum absolute atomic E-state index is 12.1. The predicted octanol–water partition coefficient (Wildman–Crippen LogP) is 2.63. The van der Waals surface area contributed by atoms with Crippen LogP contribution >= 0.6 is 38.9 Å². The number of aromatic nitrogens is 4. The molecule has 0 spiro atoms. The molecule has 11 heteroatoms. The largest absolute Gasteiger partial charge is 0.341 e. The topological polar surface area (TPSA) is 101 Å². The Morgan fingerprint density at radius 1 is 1.35 bits per heavy atom. The molecule has 0 amide bonds. The normalized spacial score (nSPS) is 11.9. The number of thiophene rings is 1. The van der Waals surface area contributed by atoms with Gasteiger partial charge in [0.05, 0.1) is 10.1 Å². The Morgan fingerprint density at radius 2 is 2.15 bits per heavy atom. The van der Waals surface area contributed by atoms with E-state index in [1.807, 2.05) is 0 Å². The minimum absolute atomic E-state index is 0.0950. The molecule has 3 aromatic rings. The van der Waals surface area contributed by atoms with Gasteiger partial charge in [-0.3, -0.25) is 0 Å². The molecular formula is C9H5BrClN5O2S2. The highest BCUT2D eigenvalue weighted by atomic mass is 79.9. The summed E-state index contributed by atoms with van der Waals surface area (Å²) >= 11 is 10.2. The zero-order chi connectivity index (χ0) is 14.3. The Labute approximate surface area is 130 Å². The molecule has 0 aromatic carbocycles. The van der Waals surface area contributed by atoms with Crippen LogP contribution in [0.4, 0.5) is 5.95 Å². The van der Waals surface area contributed by atoms with Crippen LogP contribution in [0.1, 0.15) is 0 Å². The van der Waals surface area contributed by atoms with Gasteiger partial charge in [0.25, 0.3) is 10.0 Å². The molecule has 0 aliphatic rings. The molecule has 3 rings (SSSR count). The predicted molar refractivity (Wildman–Crippen MR) is 79.5 cm³/mol. The number of hydrogen-bond acceptors (Lipinski definition) is 6. The van der Waals surface area contributed by atoms with Crippen LogP contribution in [-0.4, -0.2) is 28.4 Å². The standard InChI is InChI=1S/C9H5BrClN5O2S2/c10-4-1-2-5(19-4)20(17,18)16-9-14-7(11)6-8(15-9)13-3-12-6/h1-3H,(H2,12,13,14,15,16). The Kier molecular flexibility index (Phi) is 3.40. The second-order valence-corrected chi connectivity index (χ2v) is 8.33. The second kappa shape index (κ2) is 4.95. The lowest BCUT2D eigenvalue weighted by Crippen LogP contribution is -2.14. The molecule has 0 saturated carbocycles. The van der Waals surface area contributed by atoms with Gasteiger partial charge in [0, 0.05) is 0 Å². The number of halogens is 2. The number of sulfonamides is 1. The maximum Gasteiger partial charge on any atom is 0.273 e. The minimum atomic E-state index is -3.74. The number of hydrogen-bond donors (Lipinski definition) is 2. The highest BCUT2D eigenvalue weighted by Crippen LogP contribution is 2.27. The Morgan fingerprint density at radius 3 is 2.85 bits per heavy atom. The molecule has 0 aliphatic carbocycles. The molecule has 0 fully saturated rings. The van der Waals surface area contributed by atoms with Crippen LogP contribution in [0.2, 0.25) is 5.15 Å². The molecule has 0 saturated heterocycles. The van der Waals surface area contributed by atoms with Gasteiger partial charge in [-0.1, -0.05) is 11.6 Å². The van der Waals surface area contributed by atoms with E-state index < -0.39 is 10.0 Å². The quantitative estimate of drug-likeness (QED) is 0.665. The number of rotatable bonds is 3. The Bertz CT molecular complexity index is 891. The summed E-state index contributed by atoms with van der Waals surface area (Å²) in [4.78, 5) is 14.5. The first-order valence-corrected chi connectivity index (χ1v) is 8.57. The average molecular weight is 395 g/mol. The summed E-state index contributed by atoms with van der Waals surface area (Å²) in [6.45, 7) is 0. The van der Waals surface area contributed by atoms with Crippen LogP contribution in [0.15, 0.2) is 26.5 Å². The first kappa shape index (κ1) is 13.7. The van der Waals surface area contributed by atoms with Crippen LogP contribution < -0.4 is 4.72 Å². The Hall–Kier alpha value is -1.23. The van der Waals surface area contributed by atoms with Crippen LogP contribution in [0.5, 0.6) is 0 Å². The van der Waals surface area contributed by atoms with Crippen molar-refractivity contribution in [1.82, 2.24) is 19.9 Å². The lowest BCUT2D eigenvalue weighted by atomic mass is 10.6. The van der Waals surface area contributed by atoms with E-state index in [0.29, 0.717) is 9.30 Å². The van der Waals surface area contributed by atoms with Gasteiger partial charge in [0.15, 0.2) is 10.8 Å². The van der Waals surface area contributed by atoms with Crippen molar-refractivity contribution in [3.05, 3.63) is 27.4 Å². The molecular weight excluding hydrogens is 390 g/mol. The summed E-state index contributed by atoms with van der Waals surface area (Å²) in [7, 11) is -3.74. The van der Waals surface area contributed by atoms with Crippen molar-refractivity contribution >= 4 is 66.0 Å². The number of nitrogens with zero attached hydrogens (tertiary/aromatic N) is 3. The Balaban J connectivity index is 2.00. The van der Waals surface area contributed by atoms with Gasteiger partial charge >= 0.3 is 0 Å². The molecule has 3 aromatic heterocycles. The number of aromatic amines is 1. The van der Waals surface area contributed by atoms with Crippen molar-refractivity contribution in [2.75, 3.05) is 4.72 Å². The number of nitrogens with one attached hydrogen (secondary N) is 2. The third kappa shape index (κ3) is 2.51. The minimum Gasteiger partial charge on any atom is -0.341 e. The van der Waals surface area contributed by atoms with Gasteiger partial charge in [0.2, 0.25) is 5.95 Å². The van der Waals surface area contributed by atoms with Gasteiger partial charge in [0.1, 0.15) is 9.73 Å². The molecule has 0 bridgehead atoms. The van der Waals surface area contributed by atoms with Crippen LogP contribution in [0, 0.1) is 0 Å². The lowest BCUT2D eigenvalue weighted by Gasteiger charge is -2.04. The summed E-state index contributed by atoms with van der Waals surface area (Å²) < 4.78 is 27.4. The lowest BCUT2D eigenvalue weighted by molar-refractivity contribution is 0.603. The van der Waals surface area contributed by atoms with Gasteiger partial charge < -0.3 is 4.98 Å². The van der Waals surface area contributed by atoms with Crippen LogP contribution in [0.3, 0.4) is 0 Å². The fourth-order valence-electron chi connectivity index (χ4n) is 1.46. The number of anilines is 1. The molecule has 2 N–H and O–H groups in total. The molecule has 0 radical (unpaired) electrons. The fraction of sp³-hybridized carbons (Fsp3) is 0. The average Bonchev–Trinajstić information content (AvgIpc) is 2.97. The van der Waals surface area contributed by atoms with E-state index in [9.17, 15) is 8.42 Å². The van der Waals surface area contributed by atoms with Crippen molar-refractivity contribution in [2.45, 2.75) is 4.21 Å². The third-order valence-corrected chi connectivity index (χ3v) is 6.00. The molecule has 20 heavy (non-hydrogen) atoms. The fourth-order valence-corrected chi connectivity index (χ4v) is 4.63. The van der Waals surface area contributed by atoms with Gasteiger partial charge in [-0.05, 0) is 28.1 Å². The molecule has 0 unspecified atom stereocenters. The van der Waals surface area contributed by atoms with Gasteiger partial charge in [-0.2, -0.15) is 9.97 Å². The molecule has 0 atom stereocenters. The van der Waals surface area contributed by atoms with Crippen molar-refractivity contribution in [2.24, 2.45) is 0 Å². The van der Waals surface area contributed by atoms with Crippen molar-refractivity contribution in [1.29, 1.82) is 0 Å². The van der Waals surface area contributed by atoms with Gasteiger partial charge in [-0.25, -0.2) is 18.1 Å². The highest BCUT2D eigenvalue weighted by Gasteiger charge is 2.19. The van der Waals surface area contributed by atoms with E-state index >= 15 is 0 Å². The van der Waals surface area contributed by atoms with Crippen molar-refractivity contribution in [3.8, 4) is 0 Å². The third-order valence-electron chi connectivity index (χ3n) is 2.28. The van der Waals surface area contributed by atoms with E-state index in [2.05, 4.69) is 40.6 Å². The smallest absolute Gasteiger partial charge is 0.273 e. The van der Waals surface area contributed by atoms with E-state index in [1.165, 1.54) is 12.4 Å². The number of H-pyrrole nitrogens is 1. The highest BCUT2D eigenvalue weighted by molar-refractivity contribution is 9.11. The molecule has 3 heterocycles. The van der Waals surface area contributed by atoms with Crippen LogP contribution in [-0.2, 0) is 10.0 Å².